The number of hydrogen-bond donors (Lipinski definition) is 1. The molecule has 120 valence electrons. The molecule has 0 aromatic rings. The molecule has 0 radical (unpaired) electrons. The van der Waals surface area contributed by atoms with Gasteiger partial charge >= 0.3 is 0 Å². The minimum absolute atomic E-state index is 0.0362. The topological polar surface area (TPSA) is 58.6 Å². The zero-order valence-electron chi connectivity index (χ0n) is 14.0. The third-order valence-electron chi connectivity index (χ3n) is 4.69. The van der Waals surface area contributed by atoms with Crippen LogP contribution in [0.25, 0.3) is 0 Å². The van der Waals surface area contributed by atoms with Gasteiger partial charge in [-0.15, -0.1) is 0 Å². The van der Waals surface area contributed by atoms with E-state index < -0.39 is 11.6 Å². The van der Waals surface area contributed by atoms with Crippen LogP contribution < -0.4 is 5.32 Å². The van der Waals surface area contributed by atoms with Crippen LogP contribution in [0.4, 0.5) is 0 Å². The van der Waals surface area contributed by atoms with E-state index in [4.69, 9.17) is 4.74 Å². The summed E-state index contributed by atoms with van der Waals surface area (Å²) < 4.78 is 5.22. The quantitative estimate of drug-likeness (QED) is 0.856. The average Bonchev–Trinajstić information content (AvgIpc) is 3.16. The smallest absolute Gasteiger partial charge is 0.249 e. The normalized spacial score (nSPS) is 32.1. The number of rotatable bonds is 4. The molecule has 3 atom stereocenters. The second-order valence-electron chi connectivity index (χ2n) is 7.75. The number of amides is 2. The second kappa shape index (κ2) is 5.27. The minimum Gasteiger partial charge on any atom is -0.383 e. The van der Waals surface area contributed by atoms with Crippen LogP contribution in [0.2, 0.25) is 0 Å². The van der Waals surface area contributed by atoms with Gasteiger partial charge in [0, 0.05) is 7.11 Å². The lowest BCUT2D eigenvalue weighted by molar-refractivity contribution is -0.164. The van der Waals surface area contributed by atoms with Crippen molar-refractivity contribution >= 4 is 11.8 Å². The average molecular weight is 296 g/mol. The van der Waals surface area contributed by atoms with Crippen molar-refractivity contribution in [2.75, 3.05) is 13.7 Å². The summed E-state index contributed by atoms with van der Waals surface area (Å²) in [5.74, 6) is 0.264. The Balaban J connectivity index is 2.39. The van der Waals surface area contributed by atoms with Crippen LogP contribution >= 0.6 is 0 Å². The Kier molecular flexibility index (Phi) is 4.08. The van der Waals surface area contributed by atoms with E-state index in [9.17, 15) is 9.59 Å². The molecule has 2 aliphatic rings. The van der Waals surface area contributed by atoms with E-state index in [2.05, 4.69) is 5.32 Å². The van der Waals surface area contributed by atoms with Crippen molar-refractivity contribution in [3.05, 3.63) is 0 Å². The zero-order valence-corrected chi connectivity index (χ0v) is 14.0. The Labute approximate surface area is 127 Å². The third-order valence-corrected chi connectivity index (χ3v) is 4.69. The van der Waals surface area contributed by atoms with Crippen molar-refractivity contribution in [1.82, 2.24) is 10.2 Å². The van der Waals surface area contributed by atoms with E-state index >= 15 is 0 Å². The van der Waals surface area contributed by atoms with E-state index in [1.165, 1.54) is 0 Å². The van der Waals surface area contributed by atoms with Crippen LogP contribution in [0.1, 0.15) is 47.5 Å². The molecule has 1 aliphatic carbocycles. The number of nitrogens with one attached hydrogen (secondary N) is 1. The van der Waals surface area contributed by atoms with Crippen LogP contribution in [0.15, 0.2) is 0 Å². The molecular formula is C16H28N2O3. The first-order chi connectivity index (χ1) is 9.63. The van der Waals surface area contributed by atoms with Crippen molar-refractivity contribution in [2.45, 2.75) is 65.1 Å². The van der Waals surface area contributed by atoms with E-state index in [1.54, 1.807) is 12.0 Å². The van der Waals surface area contributed by atoms with Gasteiger partial charge < -0.3 is 15.0 Å². The molecule has 1 N–H and O–H groups in total. The lowest BCUT2D eigenvalue weighted by Crippen LogP contribution is -2.74. The molecule has 3 unspecified atom stereocenters. The summed E-state index contributed by atoms with van der Waals surface area (Å²) in [7, 11) is 1.62. The predicted octanol–water partition coefficient (Wildman–Crippen LogP) is 1.56. The molecule has 0 spiro atoms. The molecule has 1 saturated carbocycles. The van der Waals surface area contributed by atoms with E-state index in [0.29, 0.717) is 6.61 Å². The van der Waals surface area contributed by atoms with Crippen molar-refractivity contribution in [3.8, 4) is 0 Å². The first-order valence-corrected chi connectivity index (χ1v) is 7.76. The standard InChI is InChI=1S/C16H28N2O3/c1-10(9-21-6)18-12(15(2,3)4)13(19)17-16(5,14(18)20)11-7-8-11/h10-12H,7-9H2,1-6H3,(H,17,19). The molecule has 5 heteroatoms. The first kappa shape index (κ1) is 16.3. The van der Waals surface area contributed by atoms with Gasteiger partial charge in [0.1, 0.15) is 11.6 Å². The van der Waals surface area contributed by atoms with Gasteiger partial charge in [-0.25, -0.2) is 0 Å². The van der Waals surface area contributed by atoms with E-state index in [1.807, 2.05) is 34.6 Å². The highest BCUT2D eigenvalue weighted by molar-refractivity contribution is 6.00. The summed E-state index contributed by atoms with van der Waals surface area (Å²) in [5.41, 5.74) is -1.06. The fraction of sp³-hybridized carbons (Fsp3) is 0.875. The summed E-state index contributed by atoms with van der Waals surface area (Å²) in [6, 6.07) is -0.571. The number of carbonyl (C=O) groups is 2. The van der Waals surface area contributed by atoms with Gasteiger partial charge in [0.05, 0.1) is 12.6 Å². The second-order valence-corrected chi connectivity index (χ2v) is 7.75. The molecule has 1 aliphatic heterocycles. The fourth-order valence-corrected chi connectivity index (χ4v) is 3.41. The molecule has 0 bridgehead atoms. The SMILES string of the molecule is COCC(C)N1C(=O)C(C)(C2CC2)NC(=O)C1C(C)(C)C. The third kappa shape index (κ3) is 2.80. The van der Waals surface area contributed by atoms with Gasteiger partial charge in [-0.3, -0.25) is 9.59 Å². The fourth-order valence-electron chi connectivity index (χ4n) is 3.41. The van der Waals surface area contributed by atoms with Crippen molar-refractivity contribution in [1.29, 1.82) is 0 Å². The number of hydrogen-bond acceptors (Lipinski definition) is 3. The Hall–Kier alpha value is -1.10. The van der Waals surface area contributed by atoms with Crippen molar-refractivity contribution in [3.63, 3.8) is 0 Å². The highest BCUT2D eigenvalue weighted by atomic mass is 16.5. The van der Waals surface area contributed by atoms with E-state index in [0.717, 1.165) is 12.8 Å². The summed E-state index contributed by atoms with van der Waals surface area (Å²) in [6.45, 7) is 10.2. The summed E-state index contributed by atoms with van der Waals surface area (Å²) in [5, 5.41) is 3.02. The molecule has 0 aromatic heterocycles. The van der Waals surface area contributed by atoms with Gasteiger partial charge in [0.15, 0.2) is 0 Å². The molecule has 0 aromatic carbocycles. The summed E-state index contributed by atoms with van der Waals surface area (Å²) >= 11 is 0. The van der Waals surface area contributed by atoms with Gasteiger partial charge in [-0.1, -0.05) is 20.8 Å². The zero-order chi connectivity index (χ0) is 16.0. The Morgan fingerprint density at radius 3 is 2.38 bits per heavy atom. The summed E-state index contributed by atoms with van der Waals surface area (Å²) in [4.78, 5) is 27.6. The maximum Gasteiger partial charge on any atom is 0.249 e. The van der Waals surface area contributed by atoms with Crippen LogP contribution in [0.5, 0.6) is 0 Å². The maximum absolute atomic E-state index is 13.1. The van der Waals surface area contributed by atoms with Crippen LogP contribution in [-0.2, 0) is 14.3 Å². The van der Waals surface area contributed by atoms with Crippen molar-refractivity contribution < 1.29 is 14.3 Å². The molecule has 21 heavy (non-hydrogen) atoms. The molecule has 1 saturated heterocycles. The molecule has 5 nitrogen and oxygen atoms in total. The van der Waals surface area contributed by atoms with Gasteiger partial charge in [-0.05, 0) is 38.0 Å². The molecule has 1 heterocycles. The summed E-state index contributed by atoms with van der Waals surface area (Å²) in [6.07, 6.45) is 2.02. The Morgan fingerprint density at radius 2 is 1.95 bits per heavy atom. The highest BCUT2D eigenvalue weighted by Crippen LogP contribution is 2.44. The molecule has 2 amide bonds. The van der Waals surface area contributed by atoms with E-state index in [-0.39, 0.29) is 29.2 Å². The number of carbonyl (C=O) groups excluding carboxylic acids is 2. The van der Waals surface area contributed by atoms with Crippen LogP contribution in [-0.4, -0.2) is 48.1 Å². The predicted molar refractivity (Wildman–Crippen MR) is 80.7 cm³/mol. The molecule has 2 fully saturated rings. The number of methoxy groups -OCH3 is 1. The lowest BCUT2D eigenvalue weighted by Gasteiger charge is -2.51. The van der Waals surface area contributed by atoms with Crippen LogP contribution in [0, 0.1) is 11.3 Å². The number of nitrogens with zero attached hydrogens (tertiary/aromatic N) is 1. The van der Waals surface area contributed by atoms with Crippen LogP contribution in [0.3, 0.4) is 0 Å². The Bertz CT molecular complexity index is 439. The lowest BCUT2D eigenvalue weighted by atomic mass is 9.79. The maximum atomic E-state index is 13.1. The first-order valence-electron chi connectivity index (χ1n) is 7.76. The van der Waals surface area contributed by atoms with Gasteiger partial charge in [0.2, 0.25) is 11.8 Å². The monoisotopic (exact) mass is 296 g/mol. The molecule has 2 rings (SSSR count). The van der Waals surface area contributed by atoms with Gasteiger partial charge in [0.25, 0.3) is 0 Å². The Morgan fingerprint density at radius 1 is 1.38 bits per heavy atom. The number of ether oxygens (including phenoxy) is 1. The molecular weight excluding hydrogens is 268 g/mol. The van der Waals surface area contributed by atoms with Gasteiger partial charge in [-0.2, -0.15) is 0 Å². The highest BCUT2D eigenvalue weighted by Gasteiger charge is 2.58. The number of piperazine rings is 1. The minimum atomic E-state index is -0.749. The largest absolute Gasteiger partial charge is 0.383 e. The van der Waals surface area contributed by atoms with Crippen molar-refractivity contribution in [2.24, 2.45) is 11.3 Å².